The van der Waals surface area contributed by atoms with Gasteiger partial charge in [0.15, 0.2) is 0 Å². The quantitative estimate of drug-likeness (QED) is 0.159. The van der Waals surface area contributed by atoms with Gasteiger partial charge in [0.1, 0.15) is 0 Å². The van der Waals surface area contributed by atoms with E-state index in [-0.39, 0.29) is 29.7 Å². The van der Waals surface area contributed by atoms with Crippen molar-refractivity contribution in [3.8, 4) is 33.4 Å². The highest BCUT2D eigenvalue weighted by Gasteiger charge is 2.52. The predicted octanol–water partition coefficient (Wildman–Crippen LogP) is 15.8. The minimum Gasteiger partial charge on any atom is -0.310 e. The van der Waals surface area contributed by atoms with Crippen molar-refractivity contribution in [2.24, 2.45) is 0 Å². The summed E-state index contributed by atoms with van der Waals surface area (Å²) in [4.78, 5) is 4.54. The first-order chi connectivity index (χ1) is 32.4. The van der Waals surface area contributed by atoms with E-state index in [0.717, 1.165) is 50.3 Å². The zero-order valence-electron chi connectivity index (χ0n) is 38.1. The first-order valence-electron chi connectivity index (χ1n) is 23.2. The van der Waals surface area contributed by atoms with Crippen LogP contribution in [0.15, 0.2) is 243 Å². The summed E-state index contributed by atoms with van der Waals surface area (Å²) in [6.07, 6.45) is 0. The summed E-state index contributed by atoms with van der Waals surface area (Å²) in [6, 6.07) is 72.9. The van der Waals surface area contributed by atoms with Gasteiger partial charge in [-0.2, -0.15) is 0 Å². The second kappa shape index (κ2) is 14.1. The Kier molecular flexibility index (Phi) is 6.98. The van der Waals surface area contributed by atoms with Crippen LogP contribution in [0.1, 0.15) is 29.1 Å². The monoisotopic (exact) mass is 781 g/mol. The summed E-state index contributed by atoms with van der Waals surface area (Å²) in [5, 5.41) is 2.07. The highest BCUT2D eigenvalue weighted by molar-refractivity contribution is 6.03. The number of para-hydroxylation sites is 3. The third-order valence-electron chi connectivity index (χ3n) is 12.5. The maximum absolute atomic E-state index is 9.14. The van der Waals surface area contributed by atoms with Crippen LogP contribution in [-0.4, -0.2) is 0 Å². The Morgan fingerprint density at radius 1 is 0.328 bits per heavy atom. The zero-order valence-corrected chi connectivity index (χ0v) is 33.1. The predicted molar refractivity (Wildman–Crippen MR) is 255 cm³/mol. The van der Waals surface area contributed by atoms with Crippen LogP contribution in [0.5, 0.6) is 0 Å². The summed E-state index contributed by atoms with van der Waals surface area (Å²) in [5.41, 5.74) is 15.0. The van der Waals surface area contributed by atoms with Crippen LogP contribution in [0.2, 0.25) is 0 Å². The second-order valence-corrected chi connectivity index (χ2v) is 15.7. The van der Waals surface area contributed by atoms with Crippen molar-refractivity contribution in [3.05, 3.63) is 265 Å². The molecule has 286 valence electrons. The molecule has 2 nitrogen and oxygen atoms in total. The molecule has 1 unspecified atom stereocenters. The Balaban J connectivity index is 1.15. The maximum Gasteiger partial charge on any atom is 0.0727 e. The lowest BCUT2D eigenvalue weighted by Gasteiger charge is -2.34. The minimum absolute atomic E-state index is 0.152. The number of hydrogen-bond acceptors (Lipinski definition) is 2. The van der Waals surface area contributed by atoms with Crippen LogP contribution < -0.4 is 9.80 Å². The molecule has 2 aliphatic carbocycles. The van der Waals surface area contributed by atoms with Gasteiger partial charge in [0.2, 0.25) is 0 Å². The molecule has 0 saturated carbocycles. The van der Waals surface area contributed by atoms with E-state index in [0.29, 0.717) is 11.3 Å². The molecule has 10 aromatic rings. The summed E-state index contributed by atoms with van der Waals surface area (Å²) in [5.74, 6) is 0. The minimum atomic E-state index is -0.709. The van der Waals surface area contributed by atoms with Gasteiger partial charge < -0.3 is 9.80 Å². The molecule has 1 atom stereocenters. The standard InChI is InChI=1S/C59H40N2/c1-4-19-41(20-5-1)47-28-14-17-33-57(47)61(58-34-18-22-42-21-10-11-27-48(42)58)46-36-38-52-50-30-13-16-32-54(50)59(56(52)40-46)53-31-15-12-29-49(53)51-37-35-45(39-55(51)59)60(43-23-6-2-7-24-43)44-25-8-3-9-26-44/h1-40H/i1D,4D,5D,19D,20D. The van der Waals surface area contributed by atoms with Gasteiger partial charge in [-0.3, -0.25) is 0 Å². The van der Waals surface area contributed by atoms with Gasteiger partial charge in [-0.15, -0.1) is 0 Å². The molecule has 61 heavy (non-hydrogen) atoms. The molecule has 0 saturated heterocycles. The molecule has 0 fully saturated rings. The number of benzene rings is 10. The molecule has 0 aliphatic heterocycles. The second-order valence-electron chi connectivity index (χ2n) is 15.7. The van der Waals surface area contributed by atoms with Crippen LogP contribution in [0.25, 0.3) is 44.2 Å². The lowest BCUT2D eigenvalue weighted by molar-refractivity contribution is 0.793. The number of fused-ring (bicyclic) bond motifs is 11. The van der Waals surface area contributed by atoms with Crippen molar-refractivity contribution in [2.45, 2.75) is 5.41 Å². The Hall–Kier alpha value is -7.94. The van der Waals surface area contributed by atoms with E-state index in [2.05, 4.69) is 186 Å². The van der Waals surface area contributed by atoms with Gasteiger partial charge in [0.25, 0.3) is 0 Å². The van der Waals surface area contributed by atoms with Crippen LogP contribution in [-0.2, 0) is 5.41 Å². The molecule has 0 bridgehead atoms. The Morgan fingerprint density at radius 2 is 0.803 bits per heavy atom. The number of rotatable bonds is 7. The highest BCUT2D eigenvalue weighted by Crippen LogP contribution is 2.64. The summed E-state index contributed by atoms with van der Waals surface area (Å²) >= 11 is 0. The van der Waals surface area contributed by atoms with Crippen molar-refractivity contribution in [2.75, 3.05) is 9.80 Å². The average molecular weight is 782 g/mol. The maximum atomic E-state index is 9.14. The fraction of sp³-hybridized carbons (Fsp3) is 0.0169. The van der Waals surface area contributed by atoms with E-state index in [9.17, 15) is 0 Å². The molecule has 0 amide bonds. The number of hydrogen-bond donors (Lipinski definition) is 0. The van der Waals surface area contributed by atoms with E-state index in [1.165, 1.54) is 33.4 Å². The number of anilines is 6. The average Bonchev–Trinajstić information content (AvgIpc) is 3.83. The molecule has 0 heterocycles. The van der Waals surface area contributed by atoms with E-state index >= 15 is 0 Å². The Labute approximate surface area is 363 Å². The molecule has 2 aliphatic rings. The molecule has 0 N–H and O–H groups in total. The van der Waals surface area contributed by atoms with Crippen LogP contribution >= 0.6 is 0 Å². The van der Waals surface area contributed by atoms with Gasteiger partial charge in [-0.25, -0.2) is 0 Å². The molecular weight excluding hydrogens is 737 g/mol. The van der Waals surface area contributed by atoms with Crippen LogP contribution in [0.4, 0.5) is 34.1 Å². The van der Waals surface area contributed by atoms with Crippen molar-refractivity contribution in [3.63, 3.8) is 0 Å². The van der Waals surface area contributed by atoms with Crippen LogP contribution in [0.3, 0.4) is 0 Å². The summed E-state index contributed by atoms with van der Waals surface area (Å²) < 4.78 is 44.0. The van der Waals surface area contributed by atoms with E-state index < -0.39 is 11.5 Å². The zero-order chi connectivity index (χ0) is 44.7. The lowest BCUT2D eigenvalue weighted by Crippen LogP contribution is -2.26. The highest BCUT2D eigenvalue weighted by atomic mass is 15.2. The normalized spacial score (nSPS) is 15.4. The fourth-order valence-corrected chi connectivity index (χ4v) is 10.1. The number of nitrogens with zero attached hydrogens (tertiary/aromatic N) is 2. The first kappa shape index (κ1) is 30.2. The van der Waals surface area contributed by atoms with Crippen molar-refractivity contribution in [1.29, 1.82) is 0 Å². The molecule has 0 radical (unpaired) electrons. The van der Waals surface area contributed by atoms with Crippen molar-refractivity contribution >= 4 is 44.9 Å². The van der Waals surface area contributed by atoms with Gasteiger partial charge in [-0.05, 0) is 116 Å². The third kappa shape index (κ3) is 5.36. The van der Waals surface area contributed by atoms with Gasteiger partial charge >= 0.3 is 0 Å². The summed E-state index contributed by atoms with van der Waals surface area (Å²) in [6.45, 7) is 0. The topological polar surface area (TPSA) is 6.48 Å². The van der Waals surface area contributed by atoms with Crippen LogP contribution in [0, 0.1) is 0 Å². The Morgan fingerprint density at radius 3 is 1.44 bits per heavy atom. The SMILES string of the molecule is [2H]c1c([2H])c([2H])c(-c2ccccc2N(c2ccc3c(c2)C2(c4ccccc4-c4ccc(N(c5ccccc5)c5ccccc5)cc42)c2ccccc2-3)c2cccc3ccccc23)c([2H])c1[2H]. The first-order valence-corrected chi connectivity index (χ1v) is 20.7. The molecule has 2 heteroatoms. The van der Waals surface area contributed by atoms with Crippen molar-refractivity contribution in [1.82, 2.24) is 0 Å². The third-order valence-corrected chi connectivity index (χ3v) is 12.5. The molecular formula is C59H40N2. The molecule has 10 aromatic carbocycles. The fourth-order valence-electron chi connectivity index (χ4n) is 10.1. The Bertz CT molecular complexity index is 3490. The summed E-state index contributed by atoms with van der Waals surface area (Å²) in [7, 11) is 0. The molecule has 0 aromatic heterocycles. The van der Waals surface area contributed by atoms with E-state index in [1.54, 1.807) is 0 Å². The van der Waals surface area contributed by atoms with Gasteiger partial charge in [0, 0.05) is 33.7 Å². The van der Waals surface area contributed by atoms with E-state index in [4.69, 9.17) is 6.85 Å². The van der Waals surface area contributed by atoms with Crippen molar-refractivity contribution < 1.29 is 6.85 Å². The molecule has 1 spiro atoms. The smallest absolute Gasteiger partial charge is 0.0727 e. The molecule has 12 rings (SSSR count). The lowest BCUT2D eigenvalue weighted by atomic mass is 9.70. The van der Waals surface area contributed by atoms with Gasteiger partial charge in [-0.1, -0.05) is 182 Å². The van der Waals surface area contributed by atoms with E-state index in [1.807, 2.05) is 36.4 Å². The largest absolute Gasteiger partial charge is 0.310 e. The van der Waals surface area contributed by atoms with Gasteiger partial charge in [0.05, 0.1) is 23.6 Å².